The van der Waals surface area contributed by atoms with Gasteiger partial charge in [0.2, 0.25) is 0 Å². The van der Waals surface area contributed by atoms with Gasteiger partial charge in [0.15, 0.2) is 5.82 Å². The third-order valence-corrected chi connectivity index (χ3v) is 6.77. The first-order chi connectivity index (χ1) is 17.7. The van der Waals surface area contributed by atoms with E-state index in [1.807, 2.05) is 30.5 Å². The maximum absolute atomic E-state index is 8.96. The van der Waals surface area contributed by atoms with Crippen LogP contribution in [0.1, 0.15) is 35.6 Å². The summed E-state index contributed by atoms with van der Waals surface area (Å²) in [6.45, 7) is 5.40. The number of benzene rings is 2. The molecule has 2 aromatic heterocycles. The number of hydrogen-bond acceptors (Lipinski definition) is 6. The number of aryl methyl sites for hydroxylation is 1. The Bertz CT molecular complexity index is 1280. The van der Waals surface area contributed by atoms with Crippen LogP contribution in [0.3, 0.4) is 0 Å². The monoisotopic (exact) mass is 480 g/mol. The summed E-state index contributed by atoms with van der Waals surface area (Å²) in [5.41, 5.74) is 6.93. The van der Waals surface area contributed by atoms with Crippen LogP contribution in [0.15, 0.2) is 79.3 Å². The van der Waals surface area contributed by atoms with Crippen LogP contribution in [-0.4, -0.2) is 51.3 Å². The lowest BCUT2D eigenvalue weighted by Gasteiger charge is -2.33. The summed E-state index contributed by atoms with van der Waals surface area (Å²) in [5, 5.41) is 8.96. The molecule has 1 aliphatic rings. The number of aliphatic hydroxyl groups excluding tert-OH is 1. The maximum Gasteiger partial charge on any atom is 0.159 e. The molecule has 1 saturated heterocycles. The van der Waals surface area contributed by atoms with Crippen LogP contribution in [0.25, 0.3) is 22.5 Å². The molecule has 3 heterocycles. The van der Waals surface area contributed by atoms with Gasteiger partial charge in [0.05, 0.1) is 12.3 Å². The highest BCUT2D eigenvalue weighted by molar-refractivity contribution is 5.70. The molecule has 184 valence electrons. The maximum atomic E-state index is 8.96. The van der Waals surface area contributed by atoms with Crippen LogP contribution in [0.5, 0.6) is 5.75 Å². The van der Waals surface area contributed by atoms with Gasteiger partial charge in [-0.3, -0.25) is 9.88 Å². The summed E-state index contributed by atoms with van der Waals surface area (Å²) in [5.74, 6) is 1.86. The Kier molecular flexibility index (Phi) is 7.64. The minimum absolute atomic E-state index is 0.0212. The fourth-order valence-electron chi connectivity index (χ4n) is 4.96. The number of hydrogen-bond donors (Lipinski definition) is 1. The van der Waals surface area contributed by atoms with E-state index < -0.39 is 0 Å². The van der Waals surface area contributed by atoms with Crippen molar-refractivity contribution in [3.05, 3.63) is 96.1 Å². The van der Waals surface area contributed by atoms with E-state index in [9.17, 15) is 0 Å². The van der Waals surface area contributed by atoms with Gasteiger partial charge in [-0.1, -0.05) is 36.4 Å². The molecular weight excluding hydrogens is 448 g/mol. The molecule has 1 atom stereocenters. The summed E-state index contributed by atoms with van der Waals surface area (Å²) in [4.78, 5) is 16.6. The van der Waals surface area contributed by atoms with Crippen molar-refractivity contribution in [2.24, 2.45) is 0 Å². The normalized spacial score (nSPS) is 16.1. The molecule has 1 aliphatic heterocycles. The highest BCUT2D eigenvalue weighted by Gasteiger charge is 2.26. The third kappa shape index (κ3) is 5.61. The van der Waals surface area contributed by atoms with E-state index >= 15 is 0 Å². The lowest BCUT2D eigenvalue weighted by Crippen LogP contribution is -2.34. The van der Waals surface area contributed by atoms with Gasteiger partial charge in [0.1, 0.15) is 12.4 Å². The Hall–Kier alpha value is -3.61. The first-order valence-corrected chi connectivity index (χ1v) is 12.6. The first-order valence-electron chi connectivity index (χ1n) is 12.6. The fraction of sp³-hybridized carbons (Fsp3) is 0.300. The lowest BCUT2D eigenvalue weighted by atomic mass is 9.88. The van der Waals surface area contributed by atoms with Crippen molar-refractivity contribution in [3.63, 3.8) is 0 Å². The molecule has 0 saturated carbocycles. The van der Waals surface area contributed by atoms with Crippen LogP contribution in [0.2, 0.25) is 0 Å². The number of aliphatic hydroxyl groups is 1. The van der Waals surface area contributed by atoms with Crippen LogP contribution >= 0.6 is 0 Å². The van der Waals surface area contributed by atoms with Gasteiger partial charge in [0.25, 0.3) is 0 Å². The minimum Gasteiger partial charge on any atom is -0.491 e. The van der Waals surface area contributed by atoms with Crippen LogP contribution in [-0.2, 0) is 6.54 Å². The Morgan fingerprint density at radius 2 is 1.81 bits per heavy atom. The predicted molar refractivity (Wildman–Crippen MR) is 142 cm³/mol. The number of aromatic nitrogens is 3. The first kappa shape index (κ1) is 24.1. The Balaban J connectivity index is 1.42. The zero-order chi connectivity index (χ0) is 24.7. The molecule has 36 heavy (non-hydrogen) atoms. The molecule has 5 rings (SSSR count). The highest BCUT2D eigenvalue weighted by Crippen LogP contribution is 2.35. The highest BCUT2D eigenvalue weighted by atomic mass is 16.5. The zero-order valence-corrected chi connectivity index (χ0v) is 20.7. The average Bonchev–Trinajstić information content (AvgIpc) is 2.93. The fourth-order valence-corrected chi connectivity index (χ4v) is 4.96. The van der Waals surface area contributed by atoms with Gasteiger partial charge >= 0.3 is 0 Å². The number of ether oxygens (including phenoxy) is 1. The van der Waals surface area contributed by atoms with Crippen molar-refractivity contribution >= 4 is 0 Å². The second kappa shape index (κ2) is 11.4. The molecule has 0 amide bonds. The second-order valence-electron chi connectivity index (χ2n) is 9.33. The van der Waals surface area contributed by atoms with E-state index in [2.05, 4.69) is 53.2 Å². The van der Waals surface area contributed by atoms with Gasteiger partial charge in [-0.2, -0.15) is 0 Å². The van der Waals surface area contributed by atoms with E-state index in [1.54, 1.807) is 12.4 Å². The Morgan fingerprint density at radius 1 is 1.00 bits per heavy atom. The van der Waals surface area contributed by atoms with Crippen molar-refractivity contribution in [3.8, 4) is 28.3 Å². The second-order valence-corrected chi connectivity index (χ2v) is 9.33. The van der Waals surface area contributed by atoms with E-state index in [0.29, 0.717) is 12.5 Å². The SMILES string of the molecule is Cc1ccccc1-c1cnc(-c2ccncc2)nc1[C@H]1CCCN(Cc2ccc(OCCO)cc2)C1. The van der Waals surface area contributed by atoms with Crippen molar-refractivity contribution in [2.75, 3.05) is 26.3 Å². The molecule has 0 aliphatic carbocycles. The quantitative estimate of drug-likeness (QED) is 0.371. The number of rotatable bonds is 8. The van der Waals surface area contributed by atoms with Gasteiger partial charge in [-0.15, -0.1) is 0 Å². The molecule has 4 aromatic rings. The molecule has 2 aromatic carbocycles. The number of nitrogens with zero attached hydrogens (tertiary/aromatic N) is 4. The Labute approximate surface area is 212 Å². The summed E-state index contributed by atoms with van der Waals surface area (Å²) in [6.07, 6.45) is 7.82. The van der Waals surface area contributed by atoms with Crippen molar-refractivity contribution in [1.82, 2.24) is 19.9 Å². The molecule has 6 nitrogen and oxygen atoms in total. The van der Waals surface area contributed by atoms with Crippen molar-refractivity contribution < 1.29 is 9.84 Å². The molecule has 0 radical (unpaired) electrons. The smallest absolute Gasteiger partial charge is 0.159 e. The molecule has 6 heteroatoms. The minimum atomic E-state index is 0.0212. The topological polar surface area (TPSA) is 71.4 Å². The third-order valence-electron chi connectivity index (χ3n) is 6.77. The Morgan fingerprint density at radius 3 is 2.58 bits per heavy atom. The largest absolute Gasteiger partial charge is 0.491 e. The molecule has 0 unspecified atom stereocenters. The van der Waals surface area contributed by atoms with Gasteiger partial charge in [-0.05, 0) is 67.3 Å². The zero-order valence-electron chi connectivity index (χ0n) is 20.7. The van der Waals surface area contributed by atoms with E-state index in [4.69, 9.17) is 19.8 Å². The van der Waals surface area contributed by atoms with E-state index in [0.717, 1.165) is 60.9 Å². The van der Waals surface area contributed by atoms with Gasteiger partial charge in [-0.25, -0.2) is 9.97 Å². The van der Waals surface area contributed by atoms with E-state index in [-0.39, 0.29) is 6.61 Å². The summed E-state index contributed by atoms with van der Waals surface area (Å²) < 4.78 is 5.51. The molecule has 0 bridgehead atoms. The predicted octanol–water partition coefficient (Wildman–Crippen LogP) is 5.26. The summed E-state index contributed by atoms with van der Waals surface area (Å²) in [6, 6.07) is 20.6. The molecular formula is C30H32N4O2. The molecule has 1 N–H and O–H groups in total. The standard InChI is InChI=1S/C30H32N4O2/c1-22-5-2-3-7-27(22)28-19-32-30(24-12-14-31-15-13-24)33-29(28)25-6-4-16-34(21-25)20-23-8-10-26(11-9-23)36-18-17-35/h2-3,5,7-15,19,25,35H,4,6,16-18,20-21H2,1H3/t25-/m0/s1. The van der Waals surface area contributed by atoms with Crippen molar-refractivity contribution in [1.29, 1.82) is 0 Å². The molecule has 0 spiro atoms. The summed E-state index contributed by atoms with van der Waals surface area (Å²) in [7, 11) is 0. The van der Waals surface area contributed by atoms with Gasteiger partial charge < -0.3 is 9.84 Å². The number of pyridine rings is 1. The lowest BCUT2D eigenvalue weighted by molar-refractivity contribution is 0.197. The van der Waals surface area contributed by atoms with E-state index in [1.165, 1.54) is 16.7 Å². The number of likely N-dealkylation sites (tertiary alicyclic amines) is 1. The number of piperidine rings is 1. The van der Waals surface area contributed by atoms with Crippen LogP contribution in [0, 0.1) is 6.92 Å². The van der Waals surface area contributed by atoms with Gasteiger partial charge in [0, 0.05) is 48.7 Å². The van der Waals surface area contributed by atoms with Crippen LogP contribution in [0.4, 0.5) is 0 Å². The average molecular weight is 481 g/mol. The van der Waals surface area contributed by atoms with Crippen molar-refractivity contribution in [2.45, 2.75) is 32.2 Å². The van der Waals surface area contributed by atoms with Crippen LogP contribution < -0.4 is 4.74 Å². The molecule has 1 fully saturated rings. The summed E-state index contributed by atoms with van der Waals surface area (Å²) >= 11 is 0.